The molecular weight excluding hydrogens is 336 g/mol. The zero-order valence-electron chi connectivity index (χ0n) is 13.9. The van der Waals surface area contributed by atoms with Crippen molar-refractivity contribution < 1.29 is 4.79 Å². The Balaban J connectivity index is 1.53. The van der Waals surface area contributed by atoms with E-state index < -0.39 is 0 Å². The maximum Gasteiger partial charge on any atom is 0.251 e. The lowest BCUT2D eigenvalue weighted by Crippen LogP contribution is -2.22. The van der Waals surface area contributed by atoms with Crippen LogP contribution in [0.2, 0.25) is 5.02 Å². The summed E-state index contributed by atoms with van der Waals surface area (Å²) in [6.45, 7) is 4.45. The molecule has 1 amide bonds. The number of aromatic nitrogens is 3. The SMILES string of the molecule is Cc1[nH]c2ccc(C(=O)NCc3cn4cc(Cl)ccc4n3)cc2c1C. The summed E-state index contributed by atoms with van der Waals surface area (Å²) in [5.74, 6) is -0.116. The van der Waals surface area contributed by atoms with Gasteiger partial charge in [0, 0.05) is 34.6 Å². The van der Waals surface area contributed by atoms with Crippen molar-refractivity contribution in [1.82, 2.24) is 19.7 Å². The fourth-order valence-corrected chi connectivity index (χ4v) is 3.15. The van der Waals surface area contributed by atoms with E-state index in [1.54, 1.807) is 12.3 Å². The van der Waals surface area contributed by atoms with Crippen LogP contribution in [0.3, 0.4) is 0 Å². The predicted octanol–water partition coefficient (Wildman–Crippen LogP) is 4.02. The number of nitrogens with one attached hydrogen (secondary N) is 2. The molecule has 0 radical (unpaired) electrons. The minimum Gasteiger partial charge on any atom is -0.358 e. The van der Waals surface area contributed by atoms with Gasteiger partial charge < -0.3 is 14.7 Å². The van der Waals surface area contributed by atoms with Crippen molar-refractivity contribution in [1.29, 1.82) is 0 Å². The fraction of sp³-hybridized carbons (Fsp3) is 0.158. The summed E-state index contributed by atoms with van der Waals surface area (Å²) in [6, 6.07) is 9.34. The smallest absolute Gasteiger partial charge is 0.251 e. The number of pyridine rings is 1. The Morgan fingerprint density at radius 2 is 2.08 bits per heavy atom. The number of hydrogen-bond acceptors (Lipinski definition) is 2. The highest BCUT2D eigenvalue weighted by molar-refractivity contribution is 6.30. The van der Waals surface area contributed by atoms with Gasteiger partial charge in [-0.15, -0.1) is 0 Å². The van der Waals surface area contributed by atoms with Crippen LogP contribution in [0.4, 0.5) is 0 Å². The number of carbonyl (C=O) groups excluding carboxylic acids is 1. The second-order valence-corrected chi connectivity index (χ2v) is 6.60. The quantitative estimate of drug-likeness (QED) is 0.585. The summed E-state index contributed by atoms with van der Waals surface area (Å²) in [7, 11) is 0. The van der Waals surface area contributed by atoms with Crippen LogP contribution < -0.4 is 5.32 Å². The second-order valence-electron chi connectivity index (χ2n) is 6.16. The Hall–Kier alpha value is -2.79. The van der Waals surface area contributed by atoms with Crippen molar-refractivity contribution in [3.05, 3.63) is 70.3 Å². The number of imidazole rings is 1. The van der Waals surface area contributed by atoms with Gasteiger partial charge in [0.25, 0.3) is 5.91 Å². The van der Waals surface area contributed by atoms with Gasteiger partial charge in [0.05, 0.1) is 17.3 Å². The first-order valence-electron chi connectivity index (χ1n) is 8.01. The zero-order valence-corrected chi connectivity index (χ0v) is 14.7. The lowest BCUT2D eigenvalue weighted by atomic mass is 10.1. The van der Waals surface area contributed by atoms with E-state index in [4.69, 9.17) is 11.6 Å². The average Bonchev–Trinajstić information content (AvgIpc) is 3.13. The van der Waals surface area contributed by atoms with Gasteiger partial charge in [-0.2, -0.15) is 0 Å². The topological polar surface area (TPSA) is 62.2 Å². The Labute approximate surface area is 149 Å². The number of fused-ring (bicyclic) bond motifs is 2. The summed E-state index contributed by atoms with van der Waals surface area (Å²) in [4.78, 5) is 20.3. The molecule has 0 saturated carbocycles. The zero-order chi connectivity index (χ0) is 17.6. The predicted molar refractivity (Wildman–Crippen MR) is 99.1 cm³/mol. The molecule has 0 spiro atoms. The third kappa shape index (κ3) is 2.87. The Bertz CT molecular complexity index is 1110. The van der Waals surface area contributed by atoms with E-state index in [9.17, 15) is 4.79 Å². The molecule has 0 bridgehead atoms. The van der Waals surface area contributed by atoms with Gasteiger partial charge in [0.2, 0.25) is 0 Å². The Kier molecular flexibility index (Phi) is 3.73. The monoisotopic (exact) mass is 352 g/mol. The third-order valence-electron chi connectivity index (χ3n) is 4.47. The standard InChI is InChI=1S/C19H17ClN4O/c1-11-12(2)22-17-5-3-13(7-16(11)17)19(25)21-8-15-10-24-9-14(20)4-6-18(24)23-15/h3-7,9-10,22H,8H2,1-2H3,(H,21,25). The van der Waals surface area contributed by atoms with Gasteiger partial charge in [-0.1, -0.05) is 11.6 Å². The summed E-state index contributed by atoms with van der Waals surface area (Å²) >= 11 is 5.98. The van der Waals surface area contributed by atoms with E-state index in [0.29, 0.717) is 17.1 Å². The van der Waals surface area contributed by atoms with Crippen LogP contribution in [0.1, 0.15) is 27.3 Å². The number of amides is 1. The molecule has 126 valence electrons. The number of aryl methyl sites for hydroxylation is 2. The molecule has 5 nitrogen and oxygen atoms in total. The van der Waals surface area contributed by atoms with E-state index in [1.807, 2.05) is 41.8 Å². The van der Waals surface area contributed by atoms with Crippen molar-refractivity contribution in [3.8, 4) is 0 Å². The number of rotatable bonds is 3. The van der Waals surface area contributed by atoms with Gasteiger partial charge in [0.1, 0.15) is 5.65 Å². The maximum atomic E-state index is 12.5. The first-order valence-corrected chi connectivity index (χ1v) is 8.39. The maximum absolute atomic E-state index is 12.5. The molecule has 0 aliphatic rings. The molecule has 4 aromatic rings. The van der Waals surface area contributed by atoms with Gasteiger partial charge in [0.15, 0.2) is 0 Å². The summed E-state index contributed by atoms with van der Waals surface area (Å²) in [5, 5.41) is 4.64. The van der Waals surface area contributed by atoms with E-state index in [1.165, 1.54) is 5.56 Å². The largest absolute Gasteiger partial charge is 0.358 e. The van der Waals surface area contributed by atoms with Crippen LogP contribution in [0.25, 0.3) is 16.6 Å². The van der Waals surface area contributed by atoms with Gasteiger partial charge in [-0.3, -0.25) is 4.79 Å². The molecule has 1 aromatic carbocycles. The first kappa shape index (κ1) is 15.7. The summed E-state index contributed by atoms with van der Waals surface area (Å²) in [6.07, 6.45) is 3.66. The van der Waals surface area contributed by atoms with Gasteiger partial charge >= 0.3 is 0 Å². The number of aromatic amines is 1. The van der Waals surface area contributed by atoms with Crippen molar-refractivity contribution in [2.45, 2.75) is 20.4 Å². The van der Waals surface area contributed by atoms with Crippen molar-refractivity contribution in [2.24, 2.45) is 0 Å². The number of hydrogen-bond donors (Lipinski definition) is 2. The molecule has 6 heteroatoms. The lowest BCUT2D eigenvalue weighted by Gasteiger charge is -2.04. The minimum absolute atomic E-state index is 0.116. The van der Waals surface area contributed by atoms with Crippen molar-refractivity contribution in [3.63, 3.8) is 0 Å². The summed E-state index contributed by atoms with van der Waals surface area (Å²) in [5.41, 5.74) is 5.56. The molecule has 0 aliphatic carbocycles. The van der Waals surface area contributed by atoms with Crippen LogP contribution in [0, 0.1) is 13.8 Å². The van der Waals surface area contributed by atoms with E-state index in [2.05, 4.69) is 22.2 Å². The Morgan fingerprint density at radius 1 is 1.24 bits per heavy atom. The molecule has 2 N–H and O–H groups in total. The molecule has 0 atom stereocenters. The van der Waals surface area contributed by atoms with E-state index >= 15 is 0 Å². The van der Waals surface area contributed by atoms with Gasteiger partial charge in [-0.25, -0.2) is 4.98 Å². The van der Waals surface area contributed by atoms with Gasteiger partial charge in [-0.05, 0) is 49.7 Å². The molecule has 25 heavy (non-hydrogen) atoms. The third-order valence-corrected chi connectivity index (χ3v) is 4.69. The Morgan fingerprint density at radius 3 is 2.92 bits per heavy atom. The highest BCUT2D eigenvalue weighted by Gasteiger charge is 2.11. The molecular formula is C19H17ClN4O. The molecule has 0 fully saturated rings. The highest BCUT2D eigenvalue weighted by Crippen LogP contribution is 2.22. The molecule has 0 aliphatic heterocycles. The average molecular weight is 353 g/mol. The first-order chi connectivity index (χ1) is 12.0. The lowest BCUT2D eigenvalue weighted by molar-refractivity contribution is 0.0950. The van der Waals surface area contributed by atoms with Crippen LogP contribution in [-0.4, -0.2) is 20.3 Å². The normalized spacial score (nSPS) is 11.3. The second kappa shape index (κ2) is 5.93. The highest BCUT2D eigenvalue weighted by atomic mass is 35.5. The van der Waals surface area contributed by atoms with Crippen LogP contribution in [0.15, 0.2) is 42.7 Å². The molecule has 0 saturated heterocycles. The molecule has 3 aromatic heterocycles. The van der Waals surface area contributed by atoms with Crippen LogP contribution >= 0.6 is 11.6 Å². The molecule has 4 rings (SSSR count). The van der Waals surface area contributed by atoms with Crippen LogP contribution in [-0.2, 0) is 6.54 Å². The molecule has 0 unspecified atom stereocenters. The minimum atomic E-state index is -0.116. The number of carbonyl (C=O) groups is 1. The summed E-state index contributed by atoms with van der Waals surface area (Å²) < 4.78 is 1.85. The van der Waals surface area contributed by atoms with E-state index in [0.717, 1.165) is 27.9 Å². The number of nitrogens with zero attached hydrogens (tertiary/aromatic N) is 2. The number of H-pyrrole nitrogens is 1. The van der Waals surface area contributed by atoms with Crippen molar-refractivity contribution >= 4 is 34.1 Å². The van der Waals surface area contributed by atoms with E-state index in [-0.39, 0.29) is 5.91 Å². The van der Waals surface area contributed by atoms with Crippen LogP contribution in [0.5, 0.6) is 0 Å². The fourth-order valence-electron chi connectivity index (χ4n) is 2.98. The molecule has 3 heterocycles. The van der Waals surface area contributed by atoms with Crippen molar-refractivity contribution in [2.75, 3.05) is 0 Å². The number of halogens is 1. The number of benzene rings is 1.